The van der Waals surface area contributed by atoms with E-state index in [-0.39, 0.29) is 60.7 Å². The molecular weight excluding hydrogens is 805 g/mol. The van der Waals surface area contributed by atoms with Gasteiger partial charge in [0.1, 0.15) is 11.2 Å². The Morgan fingerprint density at radius 3 is 0.981 bits per heavy atom. The molecule has 0 amide bonds. The molecule has 0 atom stereocenters. The SMILES string of the molecule is COC/C(=C/C(=O)C(C)(C)OC)[N-]CC[N-]/C(=C\C(=O)C(C)(C)OC)COC.COCCC[PH+](C)CCCOC.COCCC[PH+](C)CCCOC.[99Tc]. The minimum Gasteiger partial charge on any atom is -0.687 e. The number of hydrogen-bond donors (Lipinski definition) is 0. The first-order valence-corrected chi connectivity index (χ1v) is 23.0. The molecule has 0 fully saturated rings. The Morgan fingerprint density at radius 1 is 0.509 bits per heavy atom. The molecule has 0 unspecified atom stereocenters. The summed E-state index contributed by atoms with van der Waals surface area (Å²) in [6.45, 7) is 16.3. The fourth-order valence-corrected chi connectivity index (χ4v) is 7.62. The van der Waals surface area contributed by atoms with Crippen LogP contribution in [0, 0.1) is 0 Å². The number of nitrogens with zero attached hydrogens (tertiary/aromatic N) is 2. The van der Waals surface area contributed by atoms with E-state index in [4.69, 9.17) is 37.9 Å². The maximum absolute atomic E-state index is 12.2. The molecular formula is C38H78N2O10P2Tc. The van der Waals surface area contributed by atoms with E-state index in [0.29, 0.717) is 24.5 Å². The van der Waals surface area contributed by atoms with Crippen molar-refractivity contribution in [1.29, 1.82) is 0 Å². The van der Waals surface area contributed by atoms with E-state index in [1.54, 1.807) is 56.1 Å². The smallest absolute Gasteiger partial charge is 0.185 e. The van der Waals surface area contributed by atoms with Gasteiger partial charge in [-0.05, 0) is 55.7 Å². The summed E-state index contributed by atoms with van der Waals surface area (Å²) in [6, 6.07) is 0. The molecule has 53 heavy (non-hydrogen) atoms. The van der Waals surface area contributed by atoms with Gasteiger partial charge < -0.3 is 48.5 Å². The Kier molecular flexibility index (Phi) is 44.6. The molecule has 0 heterocycles. The van der Waals surface area contributed by atoms with Crippen molar-refractivity contribution in [2.24, 2.45) is 0 Å². The summed E-state index contributed by atoms with van der Waals surface area (Å²) in [6.07, 6.45) is 13.3. The largest absolute Gasteiger partial charge is 0.687 e. The van der Waals surface area contributed by atoms with Gasteiger partial charge in [-0.2, -0.15) is 0 Å². The quantitative estimate of drug-likeness (QED) is 0.0427. The van der Waals surface area contributed by atoms with E-state index >= 15 is 0 Å². The van der Waals surface area contributed by atoms with Gasteiger partial charge in [-0.3, -0.25) is 9.59 Å². The molecule has 15 heteroatoms. The van der Waals surface area contributed by atoms with Crippen LogP contribution in [-0.2, 0) is 67.6 Å². The van der Waals surface area contributed by atoms with Crippen LogP contribution in [0.5, 0.6) is 0 Å². The topological polar surface area (TPSA) is 136 Å². The summed E-state index contributed by atoms with van der Waals surface area (Å²) >= 11 is 0. The number of carbonyl (C=O) groups excluding carboxylic acids is 2. The van der Waals surface area contributed by atoms with Gasteiger partial charge >= 0.3 is 0 Å². The van der Waals surface area contributed by atoms with Gasteiger partial charge in [0.05, 0.1) is 37.9 Å². The third-order valence-corrected chi connectivity index (χ3v) is 12.8. The van der Waals surface area contributed by atoms with E-state index in [1.165, 1.54) is 90.9 Å². The number of hydrogen-bond acceptors (Lipinski definition) is 10. The molecule has 0 rings (SSSR count). The predicted molar refractivity (Wildman–Crippen MR) is 222 cm³/mol. The minimum atomic E-state index is -0.929. The van der Waals surface area contributed by atoms with Crippen molar-refractivity contribution in [3.63, 3.8) is 0 Å². The summed E-state index contributed by atoms with van der Waals surface area (Å²) < 4.78 is 40.6. The van der Waals surface area contributed by atoms with Crippen LogP contribution in [0.25, 0.3) is 10.6 Å². The molecule has 0 aliphatic rings. The fourth-order valence-electron chi connectivity index (χ4n) is 4.12. The number of rotatable bonds is 31. The molecule has 0 saturated carbocycles. The predicted octanol–water partition coefficient (Wildman–Crippen LogP) is 6.59. The molecule has 0 aliphatic carbocycles. The van der Waals surface area contributed by atoms with Crippen LogP contribution in [0.1, 0.15) is 53.4 Å². The van der Waals surface area contributed by atoms with Gasteiger partial charge in [0.25, 0.3) is 0 Å². The van der Waals surface area contributed by atoms with Crippen LogP contribution in [0.2, 0.25) is 0 Å². The second kappa shape index (κ2) is 39.8. The normalized spacial score (nSPS) is 12.1. The van der Waals surface area contributed by atoms with Crippen molar-refractivity contribution in [3.05, 3.63) is 34.2 Å². The zero-order chi connectivity index (χ0) is 40.3. The number of carbonyl (C=O) groups is 2. The van der Waals surface area contributed by atoms with Crippen LogP contribution in [-0.4, -0.2) is 170 Å². The van der Waals surface area contributed by atoms with Crippen LogP contribution in [0.15, 0.2) is 23.5 Å². The average Bonchev–Trinajstić information content (AvgIpc) is 3.11. The van der Waals surface area contributed by atoms with Crippen LogP contribution in [0.3, 0.4) is 0 Å². The monoisotopic (exact) mass is 883 g/mol. The average molecular weight is 884 g/mol. The van der Waals surface area contributed by atoms with Gasteiger partial charge in [-0.25, -0.2) is 0 Å². The maximum Gasteiger partial charge on any atom is 0.185 e. The van der Waals surface area contributed by atoms with Crippen molar-refractivity contribution >= 4 is 27.4 Å². The van der Waals surface area contributed by atoms with Crippen molar-refractivity contribution in [3.8, 4) is 0 Å². The van der Waals surface area contributed by atoms with Gasteiger partial charge in [0.2, 0.25) is 0 Å². The maximum atomic E-state index is 12.2. The second-order valence-corrected chi connectivity index (χ2v) is 19.2. The van der Waals surface area contributed by atoms with Crippen LogP contribution in [0.4, 0.5) is 0 Å². The van der Waals surface area contributed by atoms with Gasteiger partial charge in [0, 0.05) is 142 Å². The van der Waals surface area contributed by atoms with Crippen molar-refractivity contribution in [2.75, 3.05) is 148 Å². The Bertz CT molecular complexity index is 835. The molecule has 0 bridgehead atoms. The summed E-state index contributed by atoms with van der Waals surface area (Å²) in [5, 5.41) is 8.73. The second-order valence-electron chi connectivity index (χ2n) is 13.4. The zero-order valence-corrected chi connectivity index (χ0v) is 39.7. The first-order chi connectivity index (χ1) is 24.6. The minimum absolute atomic E-state index is 0. The van der Waals surface area contributed by atoms with Crippen molar-refractivity contribution < 1.29 is 67.6 Å². The number of ether oxygens (including phenoxy) is 8. The molecule has 0 N–H and O–H groups in total. The van der Waals surface area contributed by atoms with E-state index in [2.05, 4.69) is 24.0 Å². The molecule has 0 aliphatic heterocycles. The summed E-state index contributed by atoms with van der Waals surface area (Å²) in [5.41, 5.74) is -0.854. The summed E-state index contributed by atoms with van der Waals surface area (Å²) in [5.74, 6) is -0.398. The van der Waals surface area contributed by atoms with Crippen molar-refractivity contribution in [2.45, 2.75) is 64.6 Å². The third kappa shape index (κ3) is 37.0. The van der Waals surface area contributed by atoms with E-state index in [0.717, 1.165) is 26.4 Å². The van der Waals surface area contributed by atoms with E-state index in [1.807, 2.05) is 0 Å². The van der Waals surface area contributed by atoms with Crippen LogP contribution >= 0.6 is 15.8 Å². The first-order valence-electron chi connectivity index (χ1n) is 18.2. The molecule has 0 spiro atoms. The summed E-state index contributed by atoms with van der Waals surface area (Å²) in [4.78, 5) is 24.5. The number of ketones is 2. The van der Waals surface area contributed by atoms with Gasteiger partial charge in [0.15, 0.2) is 11.6 Å². The Balaban J connectivity index is -0.000000396. The molecule has 0 aromatic heterocycles. The van der Waals surface area contributed by atoms with Gasteiger partial charge in [-0.15, -0.1) is 24.5 Å². The first kappa shape index (κ1) is 59.3. The van der Waals surface area contributed by atoms with Gasteiger partial charge in [-0.1, -0.05) is 0 Å². The molecule has 0 saturated heterocycles. The Hall–Kier alpha value is -0.391. The standard InChI is InChI=1S/C20H36N2O6.2C9H21O2P.Tc/c1-19(2,27-7)17(23)11-15(13-25-5)21-9-10-22-16(14-26-6)12-18(24)20(3,4)28-8;2*1-10-6-4-8-12(3)9-5-7-11-2;/h11-12H,9-10,13-14H2,1-8H3,(H2,21,22,23,24);2*4-9H2,1-3H3;/i;;;1+1. The fraction of sp³-hybridized carbons (Fsp3) is 0.842. The third-order valence-electron chi connectivity index (χ3n) is 7.93. The molecule has 0 aromatic rings. The zero-order valence-electron chi connectivity index (χ0n) is 35.8. The van der Waals surface area contributed by atoms with Crippen molar-refractivity contribution in [1.82, 2.24) is 0 Å². The summed E-state index contributed by atoms with van der Waals surface area (Å²) in [7, 11) is 12.9. The molecule has 317 valence electrons. The molecule has 1 radical (unpaired) electrons. The van der Waals surface area contributed by atoms with Crippen LogP contribution < -0.4 is 0 Å². The molecule has 12 nitrogen and oxygen atoms in total. The Morgan fingerprint density at radius 2 is 0.774 bits per heavy atom. The van der Waals surface area contributed by atoms with E-state index < -0.39 is 11.2 Å². The van der Waals surface area contributed by atoms with E-state index in [9.17, 15) is 9.59 Å². The molecule has 0 aromatic carbocycles. The Labute approximate surface area is 340 Å². The number of methoxy groups -OCH3 is 8.